The van der Waals surface area contributed by atoms with Gasteiger partial charge < -0.3 is 9.97 Å². The van der Waals surface area contributed by atoms with Gasteiger partial charge in [0.25, 0.3) is 0 Å². The summed E-state index contributed by atoms with van der Waals surface area (Å²) < 4.78 is 0. The first-order valence-electron chi connectivity index (χ1n) is 9.54. The van der Waals surface area contributed by atoms with Gasteiger partial charge in [-0.2, -0.15) is 0 Å². The summed E-state index contributed by atoms with van der Waals surface area (Å²) >= 11 is 0. The van der Waals surface area contributed by atoms with Gasteiger partial charge in [-0.25, -0.2) is 9.97 Å². The van der Waals surface area contributed by atoms with Gasteiger partial charge in [0.2, 0.25) is 0 Å². The van der Waals surface area contributed by atoms with Crippen LogP contribution in [0.5, 0.6) is 0 Å². The van der Waals surface area contributed by atoms with E-state index in [2.05, 4.69) is 86.2 Å². The first-order valence-corrected chi connectivity index (χ1v) is 9.54. The van der Waals surface area contributed by atoms with Crippen molar-refractivity contribution < 1.29 is 16.5 Å². The summed E-state index contributed by atoms with van der Waals surface area (Å²) in [6.07, 6.45) is 8.37. The van der Waals surface area contributed by atoms with Crippen molar-refractivity contribution in [1.29, 1.82) is 0 Å². The minimum atomic E-state index is 0. The standard InChI is InChI=1S/C24H22N4.Ni/c1-13-17-5-7-19(25-17)14(2)21-9-11-23(27-21)16(4)24-12-10-22(28-24)15(3)20-8-6-18(13)26-20;/h5-12,25,28H,1-4H3;/q;+2. The van der Waals surface area contributed by atoms with Crippen molar-refractivity contribution in [2.75, 3.05) is 0 Å². The minimum absolute atomic E-state index is 0. The van der Waals surface area contributed by atoms with Crippen molar-refractivity contribution >= 4 is 46.4 Å². The van der Waals surface area contributed by atoms with Gasteiger partial charge in [0, 0.05) is 22.1 Å². The zero-order chi connectivity index (χ0) is 19.4. The van der Waals surface area contributed by atoms with Gasteiger partial charge in [-0.1, -0.05) is 0 Å². The van der Waals surface area contributed by atoms with Gasteiger partial charge in [0.05, 0.1) is 22.8 Å². The van der Waals surface area contributed by atoms with Gasteiger partial charge in [-0.3, -0.25) is 0 Å². The van der Waals surface area contributed by atoms with Crippen molar-refractivity contribution in [2.24, 2.45) is 0 Å². The van der Waals surface area contributed by atoms with Crippen LogP contribution in [0.2, 0.25) is 0 Å². The Kier molecular flexibility index (Phi) is 4.80. The van der Waals surface area contributed by atoms with Crippen LogP contribution in [0.15, 0.2) is 24.3 Å². The molecule has 0 saturated carbocycles. The Hall–Kier alpha value is -2.91. The average molecular weight is 425 g/mol. The molecule has 3 aromatic heterocycles. The van der Waals surface area contributed by atoms with E-state index in [4.69, 9.17) is 9.97 Å². The zero-order valence-electron chi connectivity index (χ0n) is 16.8. The molecule has 0 saturated heterocycles. The van der Waals surface area contributed by atoms with Gasteiger partial charge in [0.1, 0.15) is 0 Å². The minimum Gasteiger partial charge on any atom is -0.355 e. The predicted molar refractivity (Wildman–Crippen MR) is 118 cm³/mol. The number of hydrogen-bond acceptors (Lipinski definition) is 2. The Morgan fingerprint density at radius 2 is 0.724 bits per heavy atom. The van der Waals surface area contributed by atoms with E-state index in [1.807, 2.05) is 0 Å². The normalized spacial score (nSPS) is 12.3. The molecule has 3 aromatic rings. The summed E-state index contributed by atoms with van der Waals surface area (Å²) in [4.78, 5) is 16.8. The number of fused-ring (bicyclic) bond motifs is 8. The second-order valence-electron chi connectivity index (χ2n) is 7.50. The Morgan fingerprint density at radius 1 is 0.483 bits per heavy atom. The Bertz CT molecular complexity index is 1150. The van der Waals surface area contributed by atoms with Crippen molar-refractivity contribution in [3.8, 4) is 0 Å². The van der Waals surface area contributed by atoms with Gasteiger partial charge >= 0.3 is 16.5 Å². The molecule has 29 heavy (non-hydrogen) atoms. The SMILES string of the molecule is Cc1c2nc(c(C)c3ccc([nH]3)c(C)c3nc(c(C)c4ccc1[nH]4)C=C3)C=C2.[Ni+2]. The van der Waals surface area contributed by atoms with Crippen molar-refractivity contribution in [3.63, 3.8) is 0 Å². The van der Waals surface area contributed by atoms with Crippen LogP contribution in [-0.2, 0) is 16.5 Å². The van der Waals surface area contributed by atoms with Crippen molar-refractivity contribution in [2.45, 2.75) is 27.7 Å². The van der Waals surface area contributed by atoms with Crippen LogP contribution in [0.25, 0.3) is 46.4 Å². The van der Waals surface area contributed by atoms with Crippen LogP contribution in [0.1, 0.15) is 45.0 Å². The predicted octanol–water partition coefficient (Wildman–Crippen LogP) is 5.89. The fourth-order valence-electron chi connectivity index (χ4n) is 3.78. The van der Waals surface area contributed by atoms with E-state index >= 15 is 0 Å². The maximum absolute atomic E-state index is 4.88. The third-order valence-corrected chi connectivity index (χ3v) is 5.80. The molecule has 5 heterocycles. The van der Waals surface area contributed by atoms with Gasteiger partial charge in [0.15, 0.2) is 0 Å². The molecule has 2 aliphatic heterocycles. The zero-order valence-corrected chi connectivity index (χ0v) is 17.8. The van der Waals surface area contributed by atoms with E-state index in [-0.39, 0.29) is 16.5 Å². The summed E-state index contributed by atoms with van der Waals surface area (Å²) in [6.45, 7) is 8.44. The fourth-order valence-corrected chi connectivity index (χ4v) is 3.78. The van der Waals surface area contributed by atoms with E-state index in [9.17, 15) is 0 Å². The quantitative estimate of drug-likeness (QED) is 0.304. The molecule has 2 N–H and O–H groups in total. The maximum Gasteiger partial charge on any atom is 2.00 e. The molecule has 0 aromatic carbocycles. The molecule has 0 radical (unpaired) electrons. The second kappa shape index (κ2) is 7.16. The molecule has 2 aliphatic rings. The molecular weight excluding hydrogens is 403 g/mol. The number of aromatic nitrogens is 4. The first kappa shape index (κ1) is 19.4. The van der Waals surface area contributed by atoms with Crippen LogP contribution in [0.3, 0.4) is 0 Å². The van der Waals surface area contributed by atoms with Gasteiger partial charge in [-0.15, -0.1) is 0 Å². The smallest absolute Gasteiger partial charge is 0.355 e. The van der Waals surface area contributed by atoms with Crippen LogP contribution >= 0.6 is 0 Å². The summed E-state index contributed by atoms with van der Waals surface area (Å²) in [5.41, 5.74) is 12.9. The molecule has 0 atom stereocenters. The number of H-pyrrole nitrogens is 2. The molecule has 0 fully saturated rings. The molecule has 5 heteroatoms. The second-order valence-corrected chi connectivity index (χ2v) is 7.50. The van der Waals surface area contributed by atoms with E-state index in [0.717, 1.165) is 67.1 Å². The Balaban J connectivity index is 0.00000205. The van der Waals surface area contributed by atoms with Crippen LogP contribution in [-0.4, -0.2) is 19.9 Å². The number of aryl methyl sites for hydroxylation is 4. The molecule has 4 nitrogen and oxygen atoms in total. The molecule has 0 amide bonds. The topological polar surface area (TPSA) is 57.4 Å². The third-order valence-electron chi connectivity index (χ3n) is 5.80. The number of hydrogen-bond donors (Lipinski definition) is 2. The van der Waals surface area contributed by atoms with Crippen LogP contribution in [0.4, 0.5) is 0 Å². The Labute approximate surface area is 179 Å². The summed E-state index contributed by atoms with van der Waals surface area (Å²) in [6, 6.07) is 8.48. The molecule has 8 bridgehead atoms. The summed E-state index contributed by atoms with van der Waals surface area (Å²) in [5, 5.41) is 0. The van der Waals surface area contributed by atoms with E-state index in [0.29, 0.717) is 0 Å². The molecule has 0 spiro atoms. The third kappa shape index (κ3) is 3.16. The van der Waals surface area contributed by atoms with E-state index in [1.54, 1.807) is 0 Å². The van der Waals surface area contributed by atoms with Gasteiger partial charge in [-0.05, 0) is 98.5 Å². The molecular formula is C24H22N4Ni+2. The van der Waals surface area contributed by atoms with Crippen molar-refractivity contribution in [3.05, 3.63) is 69.3 Å². The monoisotopic (exact) mass is 424 g/mol. The van der Waals surface area contributed by atoms with E-state index < -0.39 is 0 Å². The largest absolute Gasteiger partial charge is 2.00 e. The molecule has 0 unspecified atom stereocenters. The Morgan fingerprint density at radius 3 is 0.966 bits per heavy atom. The number of rotatable bonds is 0. The van der Waals surface area contributed by atoms with Crippen molar-refractivity contribution in [1.82, 2.24) is 19.9 Å². The maximum atomic E-state index is 4.88. The van der Waals surface area contributed by atoms with Crippen LogP contribution in [0, 0.1) is 27.7 Å². The van der Waals surface area contributed by atoms with E-state index in [1.165, 1.54) is 0 Å². The molecule has 5 rings (SSSR count). The van der Waals surface area contributed by atoms with Crippen LogP contribution < -0.4 is 0 Å². The summed E-state index contributed by atoms with van der Waals surface area (Å²) in [7, 11) is 0. The fraction of sp³-hybridized carbons (Fsp3) is 0.167. The number of aromatic amines is 2. The number of nitrogens with one attached hydrogen (secondary N) is 2. The molecule has 0 aliphatic carbocycles. The first-order chi connectivity index (χ1) is 13.5. The average Bonchev–Trinajstić information content (AvgIpc) is 3.49. The molecule has 146 valence electrons. The number of nitrogens with zero attached hydrogens (tertiary/aromatic N) is 2. The summed E-state index contributed by atoms with van der Waals surface area (Å²) in [5.74, 6) is 0.